The lowest BCUT2D eigenvalue weighted by Gasteiger charge is -2.31. The van der Waals surface area contributed by atoms with Crippen LogP contribution in [0.2, 0.25) is 0 Å². The number of piperidine rings is 1. The van der Waals surface area contributed by atoms with Crippen LogP contribution in [0.15, 0.2) is 36.4 Å². The molecule has 0 radical (unpaired) electrons. The third kappa shape index (κ3) is 5.22. The summed E-state index contributed by atoms with van der Waals surface area (Å²) in [6.07, 6.45) is 2.70. The number of halogens is 1. The van der Waals surface area contributed by atoms with Gasteiger partial charge in [0.15, 0.2) is 5.82 Å². The van der Waals surface area contributed by atoms with Crippen molar-refractivity contribution in [3.8, 4) is 5.75 Å². The highest BCUT2D eigenvalue weighted by atomic mass is 35.5. The molecule has 0 unspecified atom stereocenters. The minimum absolute atomic E-state index is 0.263. The monoisotopic (exact) mass is 482 g/mol. The largest absolute Gasteiger partial charge is 0.507 e. The van der Waals surface area contributed by atoms with Crippen LogP contribution in [0.5, 0.6) is 5.75 Å². The molecule has 1 aliphatic rings. The zero-order valence-corrected chi connectivity index (χ0v) is 20.2. The molecule has 34 heavy (non-hydrogen) atoms. The molecule has 0 atom stereocenters. The summed E-state index contributed by atoms with van der Waals surface area (Å²) in [5.41, 5.74) is 10.6. The molecule has 8 nitrogen and oxygen atoms in total. The number of amides is 1. The van der Waals surface area contributed by atoms with Crippen LogP contribution in [0.1, 0.15) is 46.8 Å². The number of primary amides is 1. The van der Waals surface area contributed by atoms with Gasteiger partial charge in [-0.15, -0.1) is 11.6 Å². The van der Waals surface area contributed by atoms with Gasteiger partial charge in [0.25, 0.3) is 5.91 Å². The van der Waals surface area contributed by atoms with Gasteiger partial charge in [-0.25, -0.2) is 0 Å². The van der Waals surface area contributed by atoms with E-state index < -0.39 is 5.91 Å². The van der Waals surface area contributed by atoms with Crippen LogP contribution in [-0.2, 0) is 13.0 Å². The fourth-order valence-corrected chi connectivity index (χ4v) is 4.49. The van der Waals surface area contributed by atoms with Crippen LogP contribution in [0.3, 0.4) is 0 Å². The first-order valence-corrected chi connectivity index (χ1v) is 12.0. The SMILES string of the molecule is CCc1cc(CNc2n[nH]c(Nc3ccc(N4CCC(Cl)CC4)cc3)c2C(N)=O)cc(C)c1O. The minimum Gasteiger partial charge on any atom is -0.507 e. The molecule has 1 amide bonds. The van der Waals surface area contributed by atoms with Crippen LogP contribution < -0.4 is 21.3 Å². The molecule has 180 valence electrons. The second-order valence-corrected chi connectivity index (χ2v) is 9.26. The van der Waals surface area contributed by atoms with E-state index in [0.717, 1.165) is 60.4 Å². The van der Waals surface area contributed by atoms with Gasteiger partial charge in [0.1, 0.15) is 17.1 Å². The van der Waals surface area contributed by atoms with Crippen LogP contribution in [0.4, 0.5) is 23.0 Å². The molecule has 3 aromatic rings. The van der Waals surface area contributed by atoms with Crippen molar-refractivity contribution < 1.29 is 9.90 Å². The molecule has 0 bridgehead atoms. The number of benzene rings is 2. The number of hydrogen-bond donors (Lipinski definition) is 5. The van der Waals surface area contributed by atoms with Crippen molar-refractivity contribution in [3.05, 3.63) is 58.7 Å². The maximum Gasteiger partial charge on any atom is 0.256 e. The molecule has 1 saturated heterocycles. The molecule has 1 aromatic heterocycles. The van der Waals surface area contributed by atoms with Crippen LogP contribution in [0, 0.1) is 6.92 Å². The van der Waals surface area contributed by atoms with Crippen molar-refractivity contribution in [1.82, 2.24) is 10.2 Å². The number of phenols is 1. The molecule has 0 spiro atoms. The number of hydrogen-bond acceptors (Lipinski definition) is 6. The molecule has 1 aliphatic heterocycles. The fourth-order valence-electron chi connectivity index (χ4n) is 4.30. The average Bonchev–Trinajstić information content (AvgIpc) is 3.23. The van der Waals surface area contributed by atoms with E-state index in [-0.39, 0.29) is 10.9 Å². The Morgan fingerprint density at radius 1 is 1.26 bits per heavy atom. The molecular formula is C25H31ClN6O2. The fraction of sp³-hybridized carbons (Fsp3) is 0.360. The van der Waals surface area contributed by atoms with Gasteiger partial charge in [-0.05, 0) is 67.1 Å². The van der Waals surface area contributed by atoms with Crippen molar-refractivity contribution in [3.63, 3.8) is 0 Å². The Morgan fingerprint density at radius 3 is 2.62 bits per heavy atom. The summed E-state index contributed by atoms with van der Waals surface area (Å²) in [7, 11) is 0. The normalized spacial score (nSPS) is 14.3. The maximum absolute atomic E-state index is 12.2. The maximum atomic E-state index is 12.2. The lowest BCUT2D eigenvalue weighted by atomic mass is 10.0. The number of aromatic amines is 1. The summed E-state index contributed by atoms with van der Waals surface area (Å²) in [5, 5.41) is 24.0. The third-order valence-electron chi connectivity index (χ3n) is 6.22. The van der Waals surface area contributed by atoms with E-state index in [1.54, 1.807) is 0 Å². The van der Waals surface area contributed by atoms with E-state index >= 15 is 0 Å². The number of carbonyl (C=O) groups excluding carboxylic acids is 1. The van der Waals surface area contributed by atoms with Gasteiger partial charge in [0.05, 0.1) is 0 Å². The predicted molar refractivity (Wildman–Crippen MR) is 137 cm³/mol. The zero-order chi connectivity index (χ0) is 24.2. The standard InChI is InChI=1S/C25H31ClN6O2/c1-3-17-13-16(12-15(2)22(17)33)14-28-24-21(23(27)34)25(31-30-24)29-19-4-6-20(7-5-19)32-10-8-18(26)9-11-32/h4-7,12-13,18,33H,3,8-11,14H2,1-2H3,(H2,27,34)(H3,28,29,30,31). The molecule has 6 N–H and O–H groups in total. The summed E-state index contributed by atoms with van der Waals surface area (Å²) in [4.78, 5) is 14.5. The van der Waals surface area contributed by atoms with Gasteiger partial charge >= 0.3 is 0 Å². The van der Waals surface area contributed by atoms with Crippen molar-refractivity contribution in [2.75, 3.05) is 28.6 Å². The van der Waals surface area contributed by atoms with Crippen LogP contribution in [-0.4, -0.2) is 39.7 Å². The lowest BCUT2D eigenvalue weighted by molar-refractivity contribution is 0.100. The Kier molecular flexibility index (Phi) is 7.17. The Balaban J connectivity index is 1.46. The van der Waals surface area contributed by atoms with Crippen molar-refractivity contribution >= 4 is 40.5 Å². The lowest BCUT2D eigenvalue weighted by Crippen LogP contribution is -2.33. The topological polar surface area (TPSA) is 119 Å². The third-order valence-corrected chi connectivity index (χ3v) is 6.66. The van der Waals surface area contributed by atoms with Gasteiger partial charge in [0.2, 0.25) is 0 Å². The average molecular weight is 483 g/mol. The Labute approximate surface area is 204 Å². The van der Waals surface area contributed by atoms with Crippen molar-refractivity contribution in [2.45, 2.75) is 45.0 Å². The van der Waals surface area contributed by atoms with Crippen molar-refractivity contribution in [2.24, 2.45) is 5.73 Å². The molecule has 2 heterocycles. The van der Waals surface area contributed by atoms with Gasteiger partial charge < -0.3 is 26.4 Å². The van der Waals surface area contributed by atoms with E-state index in [1.165, 1.54) is 0 Å². The van der Waals surface area contributed by atoms with Crippen LogP contribution in [0.25, 0.3) is 0 Å². The van der Waals surface area contributed by atoms with E-state index in [2.05, 4.69) is 37.9 Å². The summed E-state index contributed by atoms with van der Waals surface area (Å²) >= 11 is 6.21. The van der Waals surface area contributed by atoms with E-state index in [1.807, 2.05) is 38.1 Å². The molecule has 9 heteroatoms. The summed E-state index contributed by atoms with van der Waals surface area (Å²) < 4.78 is 0. The first kappa shape index (κ1) is 23.8. The molecule has 2 aromatic carbocycles. The minimum atomic E-state index is -0.588. The second-order valence-electron chi connectivity index (χ2n) is 8.65. The number of phenolic OH excluding ortho intramolecular Hbond substituents is 1. The number of nitrogens with two attached hydrogens (primary N) is 1. The quantitative estimate of drug-likeness (QED) is 0.298. The smallest absolute Gasteiger partial charge is 0.256 e. The summed E-state index contributed by atoms with van der Waals surface area (Å²) in [6.45, 7) is 6.20. The first-order chi connectivity index (χ1) is 16.4. The number of aromatic nitrogens is 2. The summed E-state index contributed by atoms with van der Waals surface area (Å²) in [5.74, 6) is 0.543. The number of H-pyrrole nitrogens is 1. The number of alkyl halides is 1. The molecular weight excluding hydrogens is 452 g/mol. The number of carbonyl (C=O) groups is 1. The van der Waals surface area contributed by atoms with Crippen molar-refractivity contribution in [1.29, 1.82) is 0 Å². The summed E-state index contributed by atoms with van der Waals surface area (Å²) in [6, 6.07) is 11.9. The number of nitrogens with one attached hydrogen (secondary N) is 3. The number of aromatic hydroxyl groups is 1. The number of anilines is 4. The van der Waals surface area contributed by atoms with E-state index in [0.29, 0.717) is 23.9 Å². The first-order valence-electron chi connectivity index (χ1n) is 11.5. The molecule has 0 saturated carbocycles. The number of rotatable bonds is 8. The van der Waals surface area contributed by atoms with E-state index in [9.17, 15) is 9.90 Å². The number of aryl methyl sites for hydroxylation is 2. The Bertz CT molecular complexity index is 1150. The van der Waals surface area contributed by atoms with Gasteiger partial charge in [-0.1, -0.05) is 19.1 Å². The highest BCUT2D eigenvalue weighted by Crippen LogP contribution is 2.29. The second kappa shape index (κ2) is 10.3. The van der Waals surface area contributed by atoms with Gasteiger partial charge in [-0.3, -0.25) is 9.89 Å². The Hall–Kier alpha value is -3.39. The van der Waals surface area contributed by atoms with Gasteiger partial charge in [0, 0.05) is 36.4 Å². The highest BCUT2D eigenvalue weighted by molar-refractivity contribution is 6.20. The Morgan fingerprint density at radius 2 is 1.97 bits per heavy atom. The van der Waals surface area contributed by atoms with Gasteiger partial charge in [-0.2, -0.15) is 5.10 Å². The molecule has 0 aliphatic carbocycles. The van der Waals surface area contributed by atoms with Crippen LogP contribution >= 0.6 is 11.6 Å². The molecule has 4 rings (SSSR count). The number of nitrogens with zero attached hydrogens (tertiary/aromatic N) is 2. The molecule has 1 fully saturated rings. The predicted octanol–water partition coefficient (Wildman–Crippen LogP) is 4.65. The zero-order valence-electron chi connectivity index (χ0n) is 19.5. The highest BCUT2D eigenvalue weighted by Gasteiger charge is 2.20. The van der Waals surface area contributed by atoms with E-state index in [4.69, 9.17) is 17.3 Å².